The lowest BCUT2D eigenvalue weighted by Crippen LogP contribution is -2.54. The summed E-state index contributed by atoms with van der Waals surface area (Å²) < 4.78 is 0. The zero-order valence-corrected chi connectivity index (χ0v) is 15.8. The van der Waals surface area contributed by atoms with E-state index in [1.165, 1.54) is 11.1 Å². The number of carbonyl (C=O) groups is 1. The average Bonchev–Trinajstić information content (AvgIpc) is 2.42. The molecule has 1 saturated heterocycles. The van der Waals surface area contributed by atoms with Crippen molar-refractivity contribution in [2.24, 2.45) is 5.73 Å². The van der Waals surface area contributed by atoms with Gasteiger partial charge in [-0.1, -0.05) is 24.3 Å². The van der Waals surface area contributed by atoms with Crippen molar-refractivity contribution in [2.75, 3.05) is 13.1 Å². The zero-order valence-electron chi connectivity index (χ0n) is 14.2. The molecule has 2 rings (SSSR count). The molecule has 132 valence electrons. The molecule has 6 heteroatoms. The van der Waals surface area contributed by atoms with Gasteiger partial charge < -0.3 is 11.1 Å². The van der Waals surface area contributed by atoms with Gasteiger partial charge in [-0.2, -0.15) is 0 Å². The van der Waals surface area contributed by atoms with Gasteiger partial charge in [0.2, 0.25) is 5.91 Å². The van der Waals surface area contributed by atoms with Crippen LogP contribution in [-0.4, -0.2) is 35.5 Å². The van der Waals surface area contributed by atoms with E-state index in [1.807, 2.05) is 0 Å². The fourth-order valence-electron chi connectivity index (χ4n) is 2.64. The number of likely N-dealkylation sites (tertiary alicyclic amines) is 1. The molecule has 0 unspecified atom stereocenters. The molecule has 1 aliphatic heterocycles. The Labute approximate surface area is 152 Å². The van der Waals surface area contributed by atoms with Gasteiger partial charge in [0.05, 0.1) is 5.54 Å². The van der Waals surface area contributed by atoms with E-state index in [2.05, 4.69) is 41.4 Å². The molecule has 0 aromatic heterocycles. The predicted octanol–water partition coefficient (Wildman–Crippen LogP) is 2.66. The summed E-state index contributed by atoms with van der Waals surface area (Å²) in [7, 11) is 0. The summed E-state index contributed by atoms with van der Waals surface area (Å²) in [6.07, 6.45) is 1.99. The van der Waals surface area contributed by atoms with Crippen LogP contribution in [0, 0.1) is 6.92 Å². The maximum Gasteiger partial charge on any atom is 0.239 e. The molecule has 0 aliphatic carbocycles. The van der Waals surface area contributed by atoms with Gasteiger partial charge in [-0.05, 0) is 44.7 Å². The highest BCUT2D eigenvalue weighted by molar-refractivity contribution is 5.86. The summed E-state index contributed by atoms with van der Waals surface area (Å²) in [5, 5.41) is 3.06. The number of hydrogen-bond donors (Lipinski definition) is 2. The fraction of sp³-hybridized carbons (Fsp3) is 0.588. The maximum atomic E-state index is 11.9. The fourth-order valence-corrected chi connectivity index (χ4v) is 2.64. The predicted molar refractivity (Wildman–Crippen MR) is 100 cm³/mol. The number of hydrogen-bond acceptors (Lipinski definition) is 3. The highest BCUT2D eigenvalue weighted by Crippen LogP contribution is 2.16. The molecule has 1 fully saturated rings. The Kier molecular flexibility index (Phi) is 9.14. The maximum absolute atomic E-state index is 11.9. The smallest absolute Gasteiger partial charge is 0.239 e. The number of piperidine rings is 1. The van der Waals surface area contributed by atoms with E-state index in [1.54, 1.807) is 13.8 Å². The summed E-state index contributed by atoms with van der Waals surface area (Å²) >= 11 is 0. The second-order valence-electron chi connectivity index (χ2n) is 6.67. The highest BCUT2D eigenvalue weighted by atomic mass is 35.5. The SMILES string of the molecule is Cc1ccccc1CN1CCC(NC(=O)C(C)(C)N)CC1.Cl.Cl. The lowest BCUT2D eigenvalue weighted by Gasteiger charge is -2.34. The molecule has 0 atom stereocenters. The third-order valence-electron chi connectivity index (χ3n) is 4.16. The first-order chi connectivity index (χ1) is 9.86. The third kappa shape index (κ3) is 6.68. The summed E-state index contributed by atoms with van der Waals surface area (Å²) in [5.74, 6) is -0.0557. The van der Waals surface area contributed by atoms with Gasteiger partial charge in [0, 0.05) is 25.7 Å². The van der Waals surface area contributed by atoms with E-state index in [9.17, 15) is 4.79 Å². The molecule has 1 amide bonds. The molecule has 1 aromatic rings. The van der Waals surface area contributed by atoms with Crippen molar-refractivity contribution in [3.05, 3.63) is 35.4 Å². The Morgan fingerprint density at radius 1 is 1.26 bits per heavy atom. The van der Waals surface area contributed by atoms with Gasteiger partial charge in [-0.15, -0.1) is 24.8 Å². The quantitative estimate of drug-likeness (QED) is 0.866. The van der Waals surface area contributed by atoms with E-state index in [0.717, 1.165) is 32.5 Å². The largest absolute Gasteiger partial charge is 0.352 e. The van der Waals surface area contributed by atoms with Gasteiger partial charge in [0.1, 0.15) is 0 Å². The first-order valence-electron chi connectivity index (χ1n) is 7.73. The topological polar surface area (TPSA) is 58.4 Å². The lowest BCUT2D eigenvalue weighted by atomic mass is 10.0. The summed E-state index contributed by atoms with van der Waals surface area (Å²) in [5.41, 5.74) is 7.76. The van der Waals surface area contributed by atoms with Crippen molar-refractivity contribution >= 4 is 30.7 Å². The number of nitrogens with one attached hydrogen (secondary N) is 1. The van der Waals surface area contributed by atoms with Crippen LogP contribution in [0.1, 0.15) is 37.8 Å². The molecule has 0 bridgehead atoms. The van der Waals surface area contributed by atoms with Crippen LogP contribution in [0.15, 0.2) is 24.3 Å². The van der Waals surface area contributed by atoms with Crippen molar-refractivity contribution < 1.29 is 4.79 Å². The Morgan fingerprint density at radius 3 is 2.35 bits per heavy atom. The van der Waals surface area contributed by atoms with Crippen LogP contribution in [0.4, 0.5) is 0 Å². The lowest BCUT2D eigenvalue weighted by molar-refractivity contribution is -0.126. The Balaban J connectivity index is 0.00000242. The monoisotopic (exact) mass is 361 g/mol. The van der Waals surface area contributed by atoms with Gasteiger partial charge in [-0.25, -0.2) is 0 Å². The molecule has 3 N–H and O–H groups in total. The van der Waals surface area contributed by atoms with Gasteiger partial charge >= 0.3 is 0 Å². The minimum atomic E-state index is -0.793. The van der Waals surface area contributed by atoms with Crippen molar-refractivity contribution in [1.29, 1.82) is 0 Å². The summed E-state index contributed by atoms with van der Waals surface area (Å²) in [6.45, 7) is 8.68. The molecule has 0 spiro atoms. The number of nitrogens with zero attached hydrogens (tertiary/aromatic N) is 1. The third-order valence-corrected chi connectivity index (χ3v) is 4.16. The number of nitrogens with two attached hydrogens (primary N) is 1. The molecule has 1 aliphatic rings. The second kappa shape index (κ2) is 9.48. The van der Waals surface area contributed by atoms with Crippen LogP contribution in [0.2, 0.25) is 0 Å². The zero-order chi connectivity index (χ0) is 15.5. The van der Waals surface area contributed by atoms with Gasteiger partial charge in [0.15, 0.2) is 0 Å². The standard InChI is InChI=1S/C17H27N3O.2ClH/c1-13-6-4-5-7-14(13)12-20-10-8-15(9-11-20)19-16(21)17(2,3)18;;/h4-7,15H,8-12,18H2,1-3H3,(H,19,21);2*1H. The normalized spacial score (nSPS) is 16.2. The Morgan fingerprint density at radius 2 is 1.83 bits per heavy atom. The van der Waals surface area contributed by atoms with Crippen LogP contribution >= 0.6 is 24.8 Å². The van der Waals surface area contributed by atoms with Crippen LogP contribution in [0.25, 0.3) is 0 Å². The average molecular weight is 362 g/mol. The minimum Gasteiger partial charge on any atom is -0.352 e. The van der Waals surface area contributed by atoms with Crippen molar-refractivity contribution in [2.45, 2.75) is 51.7 Å². The number of halogens is 2. The van der Waals surface area contributed by atoms with Crippen LogP contribution < -0.4 is 11.1 Å². The van der Waals surface area contributed by atoms with Crippen LogP contribution in [-0.2, 0) is 11.3 Å². The number of rotatable bonds is 4. The second-order valence-corrected chi connectivity index (χ2v) is 6.67. The van der Waals surface area contributed by atoms with Crippen molar-refractivity contribution in [1.82, 2.24) is 10.2 Å². The van der Waals surface area contributed by atoms with E-state index in [4.69, 9.17) is 5.73 Å². The summed E-state index contributed by atoms with van der Waals surface area (Å²) in [6, 6.07) is 8.79. The van der Waals surface area contributed by atoms with Crippen LogP contribution in [0.5, 0.6) is 0 Å². The Bertz CT molecular complexity index is 495. The number of carbonyl (C=O) groups excluding carboxylic acids is 1. The number of benzene rings is 1. The number of aryl methyl sites for hydroxylation is 1. The highest BCUT2D eigenvalue weighted by Gasteiger charge is 2.26. The van der Waals surface area contributed by atoms with Gasteiger partial charge in [0.25, 0.3) is 0 Å². The molecule has 0 saturated carbocycles. The molecule has 0 radical (unpaired) electrons. The van der Waals surface area contributed by atoms with Crippen LogP contribution in [0.3, 0.4) is 0 Å². The Hall–Kier alpha value is -0.810. The molecule has 23 heavy (non-hydrogen) atoms. The van der Waals surface area contributed by atoms with E-state index in [-0.39, 0.29) is 36.8 Å². The first-order valence-corrected chi connectivity index (χ1v) is 7.73. The van der Waals surface area contributed by atoms with Crippen molar-refractivity contribution in [3.8, 4) is 0 Å². The molecule has 4 nitrogen and oxygen atoms in total. The van der Waals surface area contributed by atoms with Crippen molar-refractivity contribution in [3.63, 3.8) is 0 Å². The molecule has 1 aromatic carbocycles. The minimum absolute atomic E-state index is 0. The molecule has 1 heterocycles. The van der Waals surface area contributed by atoms with E-state index >= 15 is 0 Å². The van der Waals surface area contributed by atoms with Gasteiger partial charge in [-0.3, -0.25) is 9.69 Å². The van der Waals surface area contributed by atoms with E-state index < -0.39 is 5.54 Å². The van der Waals surface area contributed by atoms with E-state index in [0.29, 0.717) is 0 Å². The summed E-state index contributed by atoms with van der Waals surface area (Å²) in [4.78, 5) is 14.4. The number of amides is 1. The first kappa shape index (κ1) is 22.2. The molecular weight excluding hydrogens is 333 g/mol. The molecular formula is C17H29Cl2N3O.